The van der Waals surface area contributed by atoms with Crippen molar-refractivity contribution in [3.8, 4) is 0 Å². The molecule has 0 aromatic rings. The molecule has 66 valence electrons. The van der Waals surface area contributed by atoms with E-state index in [2.05, 4.69) is 0 Å². The van der Waals surface area contributed by atoms with Crippen LogP contribution in [-0.2, 0) is 0 Å². The van der Waals surface area contributed by atoms with Gasteiger partial charge in [0.05, 0.1) is 6.54 Å². The van der Waals surface area contributed by atoms with Crippen LogP contribution >= 0.6 is 0 Å². The van der Waals surface area contributed by atoms with Gasteiger partial charge >= 0.3 is 6.10 Å². The summed E-state index contributed by atoms with van der Waals surface area (Å²) < 4.78 is 0. The predicted octanol–water partition coefficient (Wildman–Crippen LogP) is -3.04. The zero-order valence-corrected chi connectivity index (χ0v) is 5.80. The van der Waals surface area contributed by atoms with Crippen molar-refractivity contribution in [2.75, 3.05) is 13.1 Å². The second-order valence-corrected chi connectivity index (χ2v) is 2.75. The zero-order valence-electron chi connectivity index (χ0n) is 5.80. The second kappa shape index (κ2) is 2.37. The Bertz CT molecular complexity index is 151. The summed E-state index contributed by atoms with van der Waals surface area (Å²) in [6.45, 7) is -0.354. The molecule has 6 nitrogen and oxygen atoms in total. The third-order valence-electron chi connectivity index (χ3n) is 1.65. The highest BCUT2D eigenvalue weighted by atomic mass is 16.7. The number of hydrogen-bond acceptors (Lipinski definition) is 6. The molecule has 0 radical (unpaired) electrons. The van der Waals surface area contributed by atoms with E-state index in [4.69, 9.17) is 25.5 Å². The molecule has 0 bridgehead atoms. The highest BCUT2D eigenvalue weighted by Crippen LogP contribution is 2.21. The fourth-order valence-corrected chi connectivity index (χ4v) is 1.03. The van der Waals surface area contributed by atoms with Gasteiger partial charge in [0.1, 0.15) is 0 Å². The number of hydrogen-bond donors (Lipinski definition) is 5. The van der Waals surface area contributed by atoms with Crippen LogP contribution in [0.2, 0.25) is 0 Å². The summed E-state index contributed by atoms with van der Waals surface area (Å²) in [5.74, 6) is -1.93. The smallest absolute Gasteiger partial charge is 0.345 e. The number of likely N-dealkylation sites (tertiary alicyclic amines) is 1. The Morgan fingerprint density at radius 2 is 1.73 bits per heavy atom. The lowest BCUT2D eigenvalue weighted by molar-refractivity contribution is -0.393. The topological polar surface area (TPSA) is 104 Å². The molecule has 1 rings (SSSR count). The van der Waals surface area contributed by atoms with Crippen LogP contribution in [0.15, 0.2) is 0 Å². The van der Waals surface area contributed by atoms with Gasteiger partial charge in [0.2, 0.25) is 0 Å². The lowest BCUT2D eigenvalue weighted by Gasteiger charge is -2.25. The second-order valence-electron chi connectivity index (χ2n) is 2.75. The van der Waals surface area contributed by atoms with Gasteiger partial charge in [-0.3, -0.25) is 0 Å². The van der Waals surface area contributed by atoms with E-state index in [0.29, 0.717) is 0 Å². The number of rotatable bonds is 1. The highest BCUT2D eigenvalue weighted by Gasteiger charge is 2.42. The van der Waals surface area contributed by atoms with Crippen LogP contribution in [-0.4, -0.2) is 55.4 Å². The van der Waals surface area contributed by atoms with E-state index in [0.717, 1.165) is 4.90 Å². The normalized spacial score (nSPS) is 25.9. The van der Waals surface area contributed by atoms with Crippen molar-refractivity contribution in [2.24, 2.45) is 0 Å². The molecular formula is C5H11NO5. The molecule has 0 aromatic carbocycles. The van der Waals surface area contributed by atoms with E-state index in [1.807, 2.05) is 0 Å². The van der Waals surface area contributed by atoms with Crippen molar-refractivity contribution in [3.63, 3.8) is 0 Å². The van der Waals surface area contributed by atoms with Crippen LogP contribution in [0.3, 0.4) is 0 Å². The maximum absolute atomic E-state index is 8.91. The lowest BCUT2D eigenvalue weighted by atomic mass is 10.3. The van der Waals surface area contributed by atoms with Gasteiger partial charge in [-0.05, 0) is 0 Å². The van der Waals surface area contributed by atoms with Crippen molar-refractivity contribution in [1.82, 2.24) is 4.90 Å². The molecule has 0 aliphatic carbocycles. The average Bonchev–Trinajstić information content (AvgIpc) is 2.07. The van der Waals surface area contributed by atoms with Gasteiger partial charge < -0.3 is 25.5 Å². The number of β-amino-alcohol motifs (C(OH)–C–C–N with tert-alkyl or cyclic N) is 2. The summed E-state index contributed by atoms with van der Waals surface area (Å²) in [4.78, 5) is 0.743. The van der Waals surface area contributed by atoms with Crippen molar-refractivity contribution < 1.29 is 25.5 Å². The molecule has 1 fully saturated rings. The van der Waals surface area contributed by atoms with Crippen molar-refractivity contribution in [2.45, 2.75) is 18.3 Å². The summed E-state index contributed by atoms with van der Waals surface area (Å²) in [7, 11) is 0. The monoisotopic (exact) mass is 165 g/mol. The molecule has 6 heteroatoms. The molecule has 11 heavy (non-hydrogen) atoms. The molecule has 1 aliphatic rings. The van der Waals surface area contributed by atoms with Gasteiger partial charge in [0.15, 0.2) is 5.79 Å². The highest BCUT2D eigenvalue weighted by molar-refractivity contribution is 4.81. The molecule has 0 atom stereocenters. The van der Waals surface area contributed by atoms with Gasteiger partial charge in [0.25, 0.3) is 0 Å². The maximum Gasteiger partial charge on any atom is 0.345 e. The molecule has 0 amide bonds. The van der Waals surface area contributed by atoms with Gasteiger partial charge in [-0.25, -0.2) is 4.90 Å². The van der Waals surface area contributed by atoms with E-state index < -0.39 is 11.9 Å². The van der Waals surface area contributed by atoms with E-state index >= 15 is 0 Å². The Morgan fingerprint density at radius 3 is 1.91 bits per heavy atom. The van der Waals surface area contributed by atoms with Crippen molar-refractivity contribution >= 4 is 0 Å². The molecular weight excluding hydrogens is 154 g/mol. The average molecular weight is 165 g/mol. The Balaban J connectivity index is 2.55. The van der Waals surface area contributed by atoms with Gasteiger partial charge in [-0.1, -0.05) is 0 Å². The molecule has 5 N–H and O–H groups in total. The third-order valence-corrected chi connectivity index (χ3v) is 1.65. The Labute approximate surface area is 62.9 Å². The first-order chi connectivity index (χ1) is 4.81. The summed E-state index contributed by atoms with van der Waals surface area (Å²) in [6, 6.07) is 0. The van der Waals surface area contributed by atoms with Crippen molar-refractivity contribution in [3.05, 3.63) is 0 Å². The van der Waals surface area contributed by atoms with Gasteiger partial charge in [0, 0.05) is 13.0 Å². The summed E-state index contributed by atoms with van der Waals surface area (Å²) in [6.07, 6.45) is -2.97. The van der Waals surface area contributed by atoms with E-state index in [1.54, 1.807) is 0 Å². The van der Waals surface area contributed by atoms with Crippen LogP contribution in [0, 0.1) is 0 Å². The third kappa shape index (κ3) is 2.09. The predicted molar refractivity (Wildman–Crippen MR) is 32.7 cm³/mol. The fourth-order valence-electron chi connectivity index (χ4n) is 1.03. The molecule has 0 aromatic heterocycles. The minimum atomic E-state index is -2.95. The summed E-state index contributed by atoms with van der Waals surface area (Å²) in [5.41, 5.74) is 0. The minimum Gasteiger partial charge on any atom is -0.365 e. The molecule has 0 unspecified atom stereocenters. The summed E-state index contributed by atoms with van der Waals surface area (Å²) in [5, 5.41) is 43.5. The van der Waals surface area contributed by atoms with Crippen LogP contribution in [0.4, 0.5) is 0 Å². The van der Waals surface area contributed by atoms with Crippen LogP contribution in [0.25, 0.3) is 0 Å². The summed E-state index contributed by atoms with van der Waals surface area (Å²) >= 11 is 0. The Morgan fingerprint density at radius 1 is 1.18 bits per heavy atom. The van der Waals surface area contributed by atoms with Gasteiger partial charge in [-0.2, -0.15) is 0 Å². The van der Waals surface area contributed by atoms with E-state index in [9.17, 15) is 0 Å². The molecule has 1 heterocycles. The Hall–Kier alpha value is -0.240. The molecule has 1 aliphatic heterocycles. The lowest BCUT2D eigenvalue weighted by Crippen LogP contribution is -2.49. The first kappa shape index (κ1) is 8.85. The molecule has 0 saturated carbocycles. The minimum absolute atomic E-state index is 0.0174. The van der Waals surface area contributed by atoms with Gasteiger partial charge in [-0.15, -0.1) is 0 Å². The van der Waals surface area contributed by atoms with Crippen LogP contribution < -0.4 is 0 Å². The number of nitrogens with zero attached hydrogens (tertiary/aromatic N) is 1. The standard InChI is InChI=1S/C5H11NO5/c7-4(8)1-2-6(3-4)5(9,10)11/h7-11H,1-3H2. The number of aliphatic hydroxyl groups is 5. The largest absolute Gasteiger partial charge is 0.365 e. The molecule has 0 spiro atoms. The Kier molecular flexibility index (Phi) is 1.91. The van der Waals surface area contributed by atoms with E-state index in [1.165, 1.54) is 0 Å². The quantitative estimate of drug-likeness (QED) is 0.265. The first-order valence-corrected chi connectivity index (χ1v) is 3.18. The van der Waals surface area contributed by atoms with Crippen LogP contribution in [0.1, 0.15) is 6.42 Å². The van der Waals surface area contributed by atoms with Crippen LogP contribution in [0.5, 0.6) is 0 Å². The first-order valence-electron chi connectivity index (χ1n) is 3.18. The van der Waals surface area contributed by atoms with Crippen molar-refractivity contribution in [1.29, 1.82) is 0 Å². The van der Waals surface area contributed by atoms with E-state index in [-0.39, 0.29) is 19.5 Å². The molecule has 1 saturated heterocycles. The maximum atomic E-state index is 8.91. The SMILES string of the molecule is OC1(O)CCN(C(O)(O)O)C1. The zero-order chi connectivity index (χ0) is 8.70. The fraction of sp³-hybridized carbons (Fsp3) is 1.00.